The molecule has 4 heterocycles. The van der Waals surface area contributed by atoms with Crippen LogP contribution < -0.4 is 4.74 Å². The number of hydrogen-bond acceptors (Lipinski definition) is 7. The minimum atomic E-state index is -1.06. The van der Waals surface area contributed by atoms with Gasteiger partial charge >= 0.3 is 5.97 Å². The summed E-state index contributed by atoms with van der Waals surface area (Å²) in [5.74, 6) is 0.173. The summed E-state index contributed by atoms with van der Waals surface area (Å²) in [5.41, 5.74) is 4.08. The van der Waals surface area contributed by atoms with E-state index in [-0.39, 0.29) is 24.0 Å². The molecular weight excluding hydrogens is 525 g/mol. The zero-order valence-corrected chi connectivity index (χ0v) is 22.3. The van der Waals surface area contributed by atoms with Crippen LogP contribution in [0.5, 0.6) is 5.88 Å². The van der Waals surface area contributed by atoms with Gasteiger partial charge in [-0.1, -0.05) is 18.2 Å². The van der Waals surface area contributed by atoms with Crippen molar-refractivity contribution in [1.29, 1.82) is 5.26 Å². The molecule has 1 aliphatic heterocycles. The normalized spacial score (nSPS) is 18.4. The number of nitriles is 1. The number of ether oxygens (including phenoxy) is 2. The van der Waals surface area contributed by atoms with Crippen molar-refractivity contribution in [3.63, 3.8) is 0 Å². The predicted molar refractivity (Wildman–Crippen MR) is 148 cm³/mol. The molecule has 1 aliphatic carbocycles. The minimum absolute atomic E-state index is 0.00529. The lowest BCUT2D eigenvalue weighted by Gasteiger charge is -2.28. The number of benzene rings is 1. The molecule has 1 fully saturated rings. The van der Waals surface area contributed by atoms with Crippen LogP contribution in [0, 0.1) is 23.1 Å². The van der Waals surface area contributed by atoms with Gasteiger partial charge in [0, 0.05) is 24.7 Å². The highest BCUT2D eigenvalue weighted by atomic mass is 19.1. The van der Waals surface area contributed by atoms with Gasteiger partial charge in [-0.05, 0) is 61.4 Å². The van der Waals surface area contributed by atoms with Crippen molar-refractivity contribution in [1.82, 2.24) is 19.5 Å². The minimum Gasteiger partial charge on any atom is -0.477 e. The third-order valence-electron chi connectivity index (χ3n) is 7.71. The van der Waals surface area contributed by atoms with Crippen molar-refractivity contribution in [3.05, 3.63) is 88.9 Å². The van der Waals surface area contributed by atoms with E-state index in [2.05, 4.69) is 20.6 Å². The molecule has 0 radical (unpaired) electrons. The van der Waals surface area contributed by atoms with Gasteiger partial charge in [0.05, 0.1) is 41.7 Å². The fraction of sp³-hybridized carbons (Fsp3) is 0.323. The first-order valence-electron chi connectivity index (χ1n) is 13.6. The molecule has 9 nitrogen and oxygen atoms in total. The van der Waals surface area contributed by atoms with Crippen LogP contribution in [0.15, 0.2) is 54.7 Å². The number of allylic oxidation sites excluding steroid dienone is 2. The lowest BCUT2D eigenvalue weighted by atomic mass is 9.86. The van der Waals surface area contributed by atoms with Crippen LogP contribution in [0.4, 0.5) is 4.39 Å². The van der Waals surface area contributed by atoms with Crippen LogP contribution in [0.2, 0.25) is 0 Å². The molecule has 2 unspecified atom stereocenters. The average Bonchev–Trinajstić information content (AvgIpc) is 3.30. The molecule has 0 amide bonds. The number of carboxylic acid groups (broad SMARTS) is 1. The Bertz CT molecular complexity index is 1690. The molecule has 6 rings (SSSR count). The van der Waals surface area contributed by atoms with E-state index in [1.165, 1.54) is 12.3 Å². The second-order valence-electron chi connectivity index (χ2n) is 10.4. The molecule has 4 aromatic rings. The van der Waals surface area contributed by atoms with Gasteiger partial charge in [-0.2, -0.15) is 5.26 Å². The summed E-state index contributed by atoms with van der Waals surface area (Å²) in [7, 11) is 0. The Balaban J connectivity index is 1.14. The molecule has 3 aromatic heterocycles. The summed E-state index contributed by atoms with van der Waals surface area (Å²) in [6, 6.07) is 13.4. The molecule has 1 N–H and O–H groups in total. The number of hydrogen-bond donors (Lipinski definition) is 1. The smallest absolute Gasteiger partial charge is 0.354 e. The summed E-state index contributed by atoms with van der Waals surface area (Å²) >= 11 is 0. The van der Waals surface area contributed by atoms with E-state index < -0.39 is 11.8 Å². The van der Waals surface area contributed by atoms with Gasteiger partial charge in [0.15, 0.2) is 0 Å². The molecule has 0 spiro atoms. The van der Waals surface area contributed by atoms with Crippen molar-refractivity contribution in [3.8, 4) is 11.9 Å². The zero-order valence-electron chi connectivity index (χ0n) is 22.3. The van der Waals surface area contributed by atoms with E-state index in [1.807, 2.05) is 18.2 Å². The molecule has 41 heavy (non-hydrogen) atoms. The number of imidazole rings is 1. The highest BCUT2D eigenvalue weighted by molar-refractivity contribution is 5.90. The summed E-state index contributed by atoms with van der Waals surface area (Å²) in [5, 5.41) is 18.4. The maximum Gasteiger partial charge on any atom is 0.354 e. The third kappa shape index (κ3) is 5.81. The summed E-state index contributed by atoms with van der Waals surface area (Å²) in [6.45, 7) is 1.41. The average molecular weight is 554 g/mol. The first-order chi connectivity index (χ1) is 20.0. The first-order valence-corrected chi connectivity index (χ1v) is 13.6. The molecule has 10 heteroatoms. The standard InChI is InChI=1S/C31H28FN5O4/c32-24-12-20(15-33)6-9-22(24)18-41-30-3-1-2-25(36-30)21-7-4-19(5-8-21)13-29-35-27-16-34-26(31(38)39)14-28(27)37(29)17-23-10-11-40-23/h1-3,6-7,9,12,14,16,19,23H,4-5,8,10-11,13,17-18H2,(H,38,39). The molecule has 0 saturated carbocycles. The molecule has 2 aliphatic rings. The Morgan fingerprint density at radius 1 is 1.22 bits per heavy atom. The largest absolute Gasteiger partial charge is 0.477 e. The molecule has 0 bridgehead atoms. The third-order valence-corrected chi connectivity index (χ3v) is 7.71. The van der Waals surface area contributed by atoms with Crippen molar-refractivity contribution in [2.24, 2.45) is 5.92 Å². The van der Waals surface area contributed by atoms with Crippen molar-refractivity contribution < 1.29 is 23.8 Å². The van der Waals surface area contributed by atoms with Crippen molar-refractivity contribution in [2.75, 3.05) is 6.61 Å². The van der Waals surface area contributed by atoms with Gasteiger partial charge in [-0.3, -0.25) is 0 Å². The molecule has 1 aromatic carbocycles. The zero-order chi connectivity index (χ0) is 28.3. The van der Waals surface area contributed by atoms with Gasteiger partial charge in [-0.15, -0.1) is 0 Å². The summed E-state index contributed by atoms with van der Waals surface area (Å²) in [6.07, 6.45) is 8.27. The highest BCUT2D eigenvalue weighted by Gasteiger charge is 2.25. The lowest BCUT2D eigenvalue weighted by molar-refractivity contribution is -0.0590. The lowest BCUT2D eigenvalue weighted by Crippen LogP contribution is -2.32. The van der Waals surface area contributed by atoms with Crippen LogP contribution in [0.25, 0.3) is 16.6 Å². The number of aromatic nitrogens is 4. The fourth-order valence-electron chi connectivity index (χ4n) is 5.31. The van der Waals surface area contributed by atoms with Crippen LogP contribution in [0.3, 0.4) is 0 Å². The predicted octanol–water partition coefficient (Wildman–Crippen LogP) is 5.33. The SMILES string of the molecule is N#Cc1ccc(COc2cccc(C3=CCC(Cc4nc5cnc(C(=O)O)cc5n4CC4CCO4)CC3)n2)c(F)c1. The number of aromatic carboxylic acids is 1. The fourth-order valence-corrected chi connectivity index (χ4v) is 5.31. The van der Waals surface area contributed by atoms with E-state index in [9.17, 15) is 14.3 Å². The number of rotatable bonds is 9. The Morgan fingerprint density at radius 2 is 2.10 bits per heavy atom. The molecule has 208 valence electrons. The van der Waals surface area contributed by atoms with Gasteiger partial charge in [-0.25, -0.2) is 24.1 Å². The van der Waals surface area contributed by atoms with Crippen molar-refractivity contribution in [2.45, 2.75) is 51.4 Å². The van der Waals surface area contributed by atoms with Crippen LogP contribution in [-0.2, 0) is 24.3 Å². The second kappa shape index (κ2) is 11.5. The quantitative estimate of drug-likeness (QED) is 0.295. The Labute approximate surface area is 235 Å². The molecule has 1 saturated heterocycles. The summed E-state index contributed by atoms with van der Waals surface area (Å²) in [4.78, 5) is 25.0. The van der Waals surface area contributed by atoms with Crippen LogP contribution in [0.1, 0.15) is 58.8 Å². The Hall–Kier alpha value is -4.62. The van der Waals surface area contributed by atoms with Crippen LogP contribution >= 0.6 is 0 Å². The van der Waals surface area contributed by atoms with E-state index >= 15 is 0 Å². The van der Waals surface area contributed by atoms with E-state index in [4.69, 9.17) is 19.7 Å². The number of carbonyl (C=O) groups is 1. The number of halogens is 1. The monoisotopic (exact) mass is 553 g/mol. The number of fused-ring (bicyclic) bond motifs is 1. The first kappa shape index (κ1) is 26.6. The topological polar surface area (TPSA) is 123 Å². The second-order valence-corrected chi connectivity index (χ2v) is 10.4. The maximum atomic E-state index is 14.2. The molecular formula is C31H28FN5O4. The highest BCUT2D eigenvalue weighted by Crippen LogP contribution is 2.33. The van der Waals surface area contributed by atoms with E-state index in [1.54, 1.807) is 24.3 Å². The summed E-state index contributed by atoms with van der Waals surface area (Å²) < 4.78 is 27.8. The number of nitrogens with zero attached hydrogens (tertiary/aromatic N) is 5. The Morgan fingerprint density at radius 3 is 2.80 bits per heavy atom. The van der Waals surface area contributed by atoms with Gasteiger partial charge in [0.25, 0.3) is 0 Å². The maximum absolute atomic E-state index is 14.2. The van der Waals surface area contributed by atoms with Gasteiger partial charge in [0.2, 0.25) is 5.88 Å². The molecule has 2 atom stereocenters. The number of carboxylic acids is 1. The van der Waals surface area contributed by atoms with Crippen LogP contribution in [-0.4, -0.2) is 43.3 Å². The van der Waals surface area contributed by atoms with E-state index in [0.717, 1.165) is 61.3 Å². The van der Waals surface area contributed by atoms with E-state index in [0.29, 0.717) is 29.4 Å². The number of pyridine rings is 2. The Kier molecular flexibility index (Phi) is 7.44. The van der Waals surface area contributed by atoms with Crippen molar-refractivity contribution >= 4 is 22.6 Å². The van der Waals surface area contributed by atoms with Gasteiger partial charge in [0.1, 0.15) is 29.5 Å². The van der Waals surface area contributed by atoms with Gasteiger partial charge < -0.3 is 19.1 Å².